The summed E-state index contributed by atoms with van der Waals surface area (Å²) in [5.74, 6) is -1.39. The summed E-state index contributed by atoms with van der Waals surface area (Å²) >= 11 is 7.24. The number of thioether (sulfide) groups is 1. The molecule has 0 saturated carbocycles. The topological polar surface area (TPSA) is 66.4 Å². The van der Waals surface area contributed by atoms with Gasteiger partial charge in [0.2, 0.25) is 5.91 Å². The highest BCUT2D eigenvalue weighted by atomic mass is 35.5. The molecule has 1 amide bonds. The normalized spacial score (nSPS) is 13.6. The summed E-state index contributed by atoms with van der Waals surface area (Å²) in [4.78, 5) is 23.5. The summed E-state index contributed by atoms with van der Waals surface area (Å²) in [6.45, 7) is 3.81. The fourth-order valence-electron chi connectivity index (χ4n) is 1.45. The Balaban J connectivity index is 2.35. The third kappa shape index (κ3) is 5.84. The van der Waals surface area contributed by atoms with Gasteiger partial charge < -0.3 is 10.4 Å². The number of aliphatic carboxylic acids is 1. The van der Waals surface area contributed by atoms with Crippen molar-refractivity contribution in [2.75, 3.05) is 6.54 Å². The molecule has 0 aromatic heterocycles. The van der Waals surface area contributed by atoms with Crippen molar-refractivity contribution < 1.29 is 14.7 Å². The fraction of sp³-hybridized carbons (Fsp3) is 0.429. The van der Waals surface area contributed by atoms with Crippen molar-refractivity contribution in [3.63, 3.8) is 0 Å². The summed E-state index contributed by atoms with van der Waals surface area (Å²) in [6.07, 6.45) is 0.430. The molecule has 2 atom stereocenters. The lowest BCUT2D eigenvalue weighted by Gasteiger charge is -2.13. The molecule has 20 heavy (non-hydrogen) atoms. The Labute approximate surface area is 127 Å². The molecule has 0 saturated heterocycles. The first kappa shape index (κ1) is 16.9. The van der Waals surface area contributed by atoms with Gasteiger partial charge in [-0.3, -0.25) is 9.59 Å². The lowest BCUT2D eigenvalue weighted by molar-refractivity contribution is -0.141. The van der Waals surface area contributed by atoms with E-state index in [9.17, 15) is 9.59 Å². The van der Waals surface area contributed by atoms with Gasteiger partial charge in [-0.15, -0.1) is 11.8 Å². The van der Waals surface area contributed by atoms with Crippen LogP contribution in [0.2, 0.25) is 5.02 Å². The highest BCUT2D eigenvalue weighted by Gasteiger charge is 2.15. The molecule has 0 bridgehead atoms. The smallest absolute Gasteiger partial charge is 0.306 e. The van der Waals surface area contributed by atoms with Gasteiger partial charge >= 0.3 is 5.97 Å². The van der Waals surface area contributed by atoms with Crippen LogP contribution < -0.4 is 5.32 Å². The van der Waals surface area contributed by atoms with Crippen LogP contribution >= 0.6 is 23.4 Å². The van der Waals surface area contributed by atoms with Crippen molar-refractivity contribution in [1.82, 2.24) is 5.32 Å². The maximum absolute atomic E-state index is 11.9. The van der Waals surface area contributed by atoms with Crippen LogP contribution in [0.3, 0.4) is 0 Å². The highest BCUT2D eigenvalue weighted by molar-refractivity contribution is 8.00. The molecular weight excluding hydrogens is 298 g/mol. The molecule has 2 N–H and O–H groups in total. The van der Waals surface area contributed by atoms with Gasteiger partial charge in [-0.2, -0.15) is 0 Å². The lowest BCUT2D eigenvalue weighted by Crippen LogP contribution is -2.32. The molecule has 4 nitrogen and oxygen atoms in total. The number of carbonyl (C=O) groups excluding carboxylic acids is 1. The molecule has 0 heterocycles. The van der Waals surface area contributed by atoms with E-state index in [2.05, 4.69) is 5.32 Å². The maximum Gasteiger partial charge on any atom is 0.306 e. The molecule has 6 heteroatoms. The Morgan fingerprint density at radius 1 is 1.30 bits per heavy atom. The number of rotatable bonds is 7. The van der Waals surface area contributed by atoms with Gasteiger partial charge in [-0.25, -0.2) is 0 Å². The standard InChI is InChI=1S/C14H18ClNO3S/c1-9(14(18)19)7-8-16-13(17)10(2)20-12-5-3-11(15)4-6-12/h3-6,9-10H,7-8H2,1-2H3,(H,16,17)(H,18,19). The van der Waals surface area contributed by atoms with E-state index in [4.69, 9.17) is 16.7 Å². The number of hydrogen-bond acceptors (Lipinski definition) is 3. The SMILES string of the molecule is CC(CCNC(=O)C(C)Sc1ccc(Cl)cc1)C(=O)O. The summed E-state index contributed by atoms with van der Waals surface area (Å²) in [5, 5.41) is 11.9. The molecule has 0 radical (unpaired) electrons. The van der Waals surface area contributed by atoms with Crippen LogP contribution in [-0.4, -0.2) is 28.8 Å². The van der Waals surface area contributed by atoms with Crippen LogP contribution in [0.1, 0.15) is 20.3 Å². The maximum atomic E-state index is 11.9. The number of carboxylic acid groups (broad SMARTS) is 1. The number of carbonyl (C=O) groups is 2. The molecule has 1 aromatic rings. The van der Waals surface area contributed by atoms with Crippen molar-refractivity contribution in [1.29, 1.82) is 0 Å². The second kappa shape index (κ2) is 8.17. The van der Waals surface area contributed by atoms with E-state index in [0.717, 1.165) is 4.90 Å². The predicted molar refractivity (Wildman–Crippen MR) is 81.2 cm³/mol. The average Bonchev–Trinajstić information content (AvgIpc) is 2.40. The zero-order valence-electron chi connectivity index (χ0n) is 11.4. The number of benzene rings is 1. The first-order valence-corrected chi connectivity index (χ1v) is 7.58. The Hall–Kier alpha value is -1.20. The van der Waals surface area contributed by atoms with Gasteiger partial charge in [0.05, 0.1) is 11.2 Å². The molecule has 0 aliphatic rings. The lowest BCUT2D eigenvalue weighted by atomic mass is 10.1. The fourth-order valence-corrected chi connectivity index (χ4v) is 2.47. The summed E-state index contributed by atoms with van der Waals surface area (Å²) in [7, 11) is 0. The summed E-state index contributed by atoms with van der Waals surface area (Å²) in [6, 6.07) is 7.29. The van der Waals surface area contributed by atoms with E-state index >= 15 is 0 Å². The molecule has 110 valence electrons. The van der Waals surface area contributed by atoms with Crippen molar-refractivity contribution in [2.24, 2.45) is 5.92 Å². The van der Waals surface area contributed by atoms with Crippen LogP contribution in [0, 0.1) is 5.92 Å². The van der Waals surface area contributed by atoms with E-state index in [1.54, 1.807) is 19.1 Å². The van der Waals surface area contributed by atoms with Crippen molar-refractivity contribution >= 4 is 35.2 Å². The minimum absolute atomic E-state index is 0.0949. The summed E-state index contributed by atoms with van der Waals surface area (Å²) in [5.41, 5.74) is 0. The predicted octanol–water partition coefficient (Wildman–Crippen LogP) is 3.05. The highest BCUT2D eigenvalue weighted by Crippen LogP contribution is 2.24. The minimum Gasteiger partial charge on any atom is -0.481 e. The molecule has 0 aliphatic carbocycles. The number of hydrogen-bond donors (Lipinski definition) is 2. The van der Waals surface area contributed by atoms with Gasteiger partial charge in [-0.05, 0) is 37.6 Å². The third-order valence-electron chi connectivity index (χ3n) is 2.79. The van der Waals surface area contributed by atoms with Crippen molar-refractivity contribution in [2.45, 2.75) is 30.4 Å². The molecule has 0 fully saturated rings. The number of nitrogens with one attached hydrogen (secondary N) is 1. The zero-order valence-corrected chi connectivity index (χ0v) is 13.0. The number of halogens is 1. The molecule has 0 spiro atoms. The van der Waals surface area contributed by atoms with E-state index in [-0.39, 0.29) is 11.2 Å². The van der Waals surface area contributed by atoms with Crippen LogP contribution in [0.4, 0.5) is 0 Å². The Morgan fingerprint density at radius 2 is 1.90 bits per heavy atom. The van der Waals surface area contributed by atoms with Crippen molar-refractivity contribution in [3.05, 3.63) is 29.3 Å². The quantitative estimate of drug-likeness (QED) is 0.759. The second-order valence-corrected chi connectivity index (χ2v) is 6.38. The Bertz CT molecular complexity index is 464. The molecular formula is C14H18ClNO3S. The Kier molecular flexibility index (Phi) is 6.88. The summed E-state index contributed by atoms with van der Waals surface area (Å²) < 4.78 is 0. The van der Waals surface area contributed by atoms with E-state index in [1.165, 1.54) is 11.8 Å². The monoisotopic (exact) mass is 315 g/mol. The van der Waals surface area contributed by atoms with Crippen LogP contribution in [0.25, 0.3) is 0 Å². The molecule has 2 unspecified atom stereocenters. The largest absolute Gasteiger partial charge is 0.481 e. The van der Waals surface area contributed by atoms with E-state index < -0.39 is 11.9 Å². The second-order valence-electron chi connectivity index (χ2n) is 4.53. The van der Waals surface area contributed by atoms with E-state index in [1.807, 2.05) is 19.1 Å². The molecule has 0 aliphatic heterocycles. The number of carboxylic acids is 1. The number of amides is 1. The van der Waals surface area contributed by atoms with Crippen LogP contribution in [0.15, 0.2) is 29.2 Å². The minimum atomic E-state index is -0.845. The molecule has 1 aromatic carbocycles. The molecule has 1 rings (SSSR count). The average molecular weight is 316 g/mol. The van der Waals surface area contributed by atoms with Gasteiger partial charge in [0.15, 0.2) is 0 Å². The van der Waals surface area contributed by atoms with E-state index in [0.29, 0.717) is 18.0 Å². The van der Waals surface area contributed by atoms with Gasteiger partial charge in [0, 0.05) is 16.5 Å². The third-order valence-corrected chi connectivity index (χ3v) is 4.16. The van der Waals surface area contributed by atoms with Gasteiger partial charge in [0.25, 0.3) is 0 Å². The van der Waals surface area contributed by atoms with Crippen LogP contribution in [0.5, 0.6) is 0 Å². The first-order valence-electron chi connectivity index (χ1n) is 6.33. The van der Waals surface area contributed by atoms with Crippen molar-refractivity contribution in [3.8, 4) is 0 Å². The van der Waals surface area contributed by atoms with Crippen LogP contribution in [-0.2, 0) is 9.59 Å². The zero-order chi connectivity index (χ0) is 15.1. The first-order chi connectivity index (χ1) is 9.40. The van der Waals surface area contributed by atoms with Gasteiger partial charge in [-0.1, -0.05) is 18.5 Å². The van der Waals surface area contributed by atoms with Gasteiger partial charge in [0.1, 0.15) is 0 Å². The Morgan fingerprint density at radius 3 is 2.45 bits per heavy atom.